The van der Waals surface area contributed by atoms with Gasteiger partial charge in [0.05, 0.1) is 13.4 Å². The molecule has 94 valence electrons. The van der Waals surface area contributed by atoms with Gasteiger partial charge in [0.1, 0.15) is 0 Å². The van der Waals surface area contributed by atoms with Crippen LogP contribution in [0.2, 0.25) is 0 Å². The number of nitrogens with zero attached hydrogens (tertiary/aromatic N) is 2. The molecule has 0 aliphatic carbocycles. The maximum atomic E-state index is 11.6. The number of aromatic amines is 1. The molecule has 1 N–H and O–H groups in total. The Morgan fingerprint density at radius 3 is 2.82 bits per heavy atom. The number of hydrogen-bond acceptors (Lipinski definition) is 4. The summed E-state index contributed by atoms with van der Waals surface area (Å²) in [5.41, 5.74) is -0.213. The fourth-order valence-electron chi connectivity index (χ4n) is 2.34. The van der Waals surface area contributed by atoms with E-state index >= 15 is 0 Å². The summed E-state index contributed by atoms with van der Waals surface area (Å²) in [5, 5.41) is 0. The highest BCUT2D eigenvalue weighted by molar-refractivity contribution is 5.50. The second kappa shape index (κ2) is 5.21. The van der Waals surface area contributed by atoms with Crippen LogP contribution in [0.5, 0.6) is 5.75 Å². The number of nitrogens with one attached hydrogen (secondary N) is 1. The summed E-state index contributed by atoms with van der Waals surface area (Å²) >= 11 is 0. The molecule has 0 spiro atoms. The molecule has 1 aromatic heterocycles. The Hall–Kier alpha value is -1.52. The van der Waals surface area contributed by atoms with Crippen molar-refractivity contribution in [3.05, 3.63) is 16.7 Å². The van der Waals surface area contributed by atoms with Gasteiger partial charge in [0.25, 0.3) is 5.56 Å². The Bertz CT molecular complexity index is 422. The van der Waals surface area contributed by atoms with Crippen molar-refractivity contribution in [2.45, 2.75) is 26.2 Å². The number of anilines is 1. The van der Waals surface area contributed by atoms with Gasteiger partial charge in [-0.05, 0) is 18.8 Å². The van der Waals surface area contributed by atoms with Crippen molar-refractivity contribution in [1.82, 2.24) is 9.97 Å². The minimum Gasteiger partial charge on any atom is -0.489 e. The van der Waals surface area contributed by atoms with Crippen LogP contribution in [0.4, 0.5) is 5.82 Å². The van der Waals surface area contributed by atoms with E-state index in [0.717, 1.165) is 31.8 Å². The van der Waals surface area contributed by atoms with E-state index in [1.807, 2.05) is 0 Å². The SMILES string of the molecule is CCC1CCN(c2nc[nH]c(=O)c2OC)CC1. The molecule has 2 rings (SSSR count). The minimum atomic E-state index is -0.213. The second-order valence-electron chi connectivity index (χ2n) is 4.43. The Kier molecular flexibility index (Phi) is 3.66. The third-order valence-corrected chi connectivity index (χ3v) is 3.49. The van der Waals surface area contributed by atoms with Crippen molar-refractivity contribution in [2.75, 3.05) is 25.1 Å². The van der Waals surface area contributed by atoms with Gasteiger partial charge >= 0.3 is 0 Å². The lowest BCUT2D eigenvalue weighted by Gasteiger charge is -2.32. The predicted molar refractivity (Wildman–Crippen MR) is 66.6 cm³/mol. The van der Waals surface area contributed by atoms with Crippen molar-refractivity contribution >= 4 is 5.82 Å². The first-order chi connectivity index (χ1) is 8.26. The Labute approximate surface area is 101 Å². The first-order valence-corrected chi connectivity index (χ1v) is 6.12. The zero-order valence-electron chi connectivity index (χ0n) is 10.4. The third-order valence-electron chi connectivity index (χ3n) is 3.49. The molecule has 1 aliphatic heterocycles. The molecule has 5 heteroatoms. The number of methoxy groups -OCH3 is 1. The molecule has 0 saturated carbocycles. The lowest BCUT2D eigenvalue weighted by molar-refractivity contribution is 0.379. The summed E-state index contributed by atoms with van der Waals surface area (Å²) in [6.45, 7) is 4.13. The van der Waals surface area contributed by atoms with Gasteiger partial charge in [0.15, 0.2) is 5.82 Å². The van der Waals surface area contributed by atoms with Gasteiger partial charge in [-0.3, -0.25) is 4.79 Å². The van der Waals surface area contributed by atoms with Gasteiger partial charge in [-0.1, -0.05) is 13.3 Å². The Morgan fingerprint density at radius 1 is 1.53 bits per heavy atom. The lowest BCUT2D eigenvalue weighted by Crippen LogP contribution is -2.35. The summed E-state index contributed by atoms with van der Waals surface area (Å²) in [4.78, 5) is 20.5. The summed E-state index contributed by atoms with van der Waals surface area (Å²) in [7, 11) is 1.51. The largest absolute Gasteiger partial charge is 0.489 e. The van der Waals surface area contributed by atoms with E-state index in [1.165, 1.54) is 19.9 Å². The first kappa shape index (κ1) is 12.0. The van der Waals surface area contributed by atoms with Crippen LogP contribution in [0.25, 0.3) is 0 Å². The number of hydrogen-bond donors (Lipinski definition) is 1. The van der Waals surface area contributed by atoms with E-state index in [9.17, 15) is 4.79 Å². The molecular formula is C12H19N3O2. The molecule has 2 heterocycles. The van der Waals surface area contributed by atoms with Crippen LogP contribution < -0.4 is 15.2 Å². The van der Waals surface area contributed by atoms with E-state index in [2.05, 4.69) is 21.8 Å². The molecule has 0 atom stereocenters. The highest BCUT2D eigenvalue weighted by atomic mass is 16.5. The number of H-pyrrole nitrogens is 1. The van der Waals surface area contributed by atoms with Crippen LogP contribution in [0, 0.1) is 5.92 Å². The monoisotopic (exact) mass is 237 g/mol. The average Bonchev–Trinajstić information content (AvgIpc) is 2.38. The highest BCUT2D eigenvalue weighted by Gasteiger charge is 2.22. The highest BCUT2D eigenvalue weighted by Crippen LogP contribution is 2.27. The van der Waals surface area contributed by atoms with Crippen molar-refractivity contribution < 1.29 is 4.74 Å². The summed E-state index contributed by atoms with van der Waals surface area (Å²) < 4.78 is 5.13. The molecule has 0 unspecified atom stereocenters. The molecule has 0 bridgehead atoms. The van der Waals surface area contributed by atoms with Gasteiger partial charge in [0, 0.05) is 13.1 Å². The first-order valence-electron chi connectivity index (χ1n) is 6.12. The maximum absolute atomic E-state index is 11.6. The molecular weight excluding hydrogens is 218 g/mol. The van der Waals surface area contributed by atoms with Crippen molar-refractivity contribution in [2.24, 2.45) is 5.92 Å². The molecule has 0 radical (unpaired) electrons. The van der Waals surface area contributed by atoms with Crippen LogP contribution in [-0.4, -0.2) is 30.2 Å². The van der Waals surface area contributed by atoms with Crippen LogP contribution >= 0.6 is 0 Å². The summed E-state index contributed by atoms with van der Waals surface area (Å²) in [6, 6.07) is 0. The van der Waals surface area contributed by atoms with E-state index in [-0.39, 0.29) is 5.56 Å². The normalized spacial score (nSPS) is 17.2. The van der Waals surface area contributed by atoms with Crippen LogP contribution in [-0.2, 0) is 0 Å². The van der Waals surface area contributed by atoms with Gasteiger partial charge in [-0.15, -0.1) is 0 Å². The molecule has 1 fully saturated rings. The molecule has 1 aliphatic rings. The number of ether oxygens (including phenoxy) is 1. The average molecular weight is 237 g/mol. The second-order valence-corrected chi connectivity index (χ2v) is 4.43. The molecule has 0 amide bonds. The van der Waals surface area contributed by atoms with Crippen molar-refractivity contribution in [3.8, 4) is 5.75 Å². The fraction of sp³-hybridized carbons (Fsp3) is 0.667. The van der Waals surface area contributed by atoms with Gasteiger partial charge in [-0.2, -0.15) is 0 Å². The minimum absolute atomic E-state index is 0.213. The summed E-state index contributed by atoms with van der Waals surface area (Å²) in [6.07, 6.45) is 4.99. The maximum Gasteiger partial charge on any atom is 0.295 e. The molecule has 17 heavy (non-hydrogen) atoms. The van der Waals surface area contributed by atoms with Crippen molar-refractivity contribution in [3.63, 3.8) is 0 Å². The Balaban J connectivity index is 2.18. The number of rotatable bonds is 3. The van der Waals surface area contributed by atoms with Crippen LogP contribution in [0.3, 0.4) is 0 Å². The van der Waals surface area contributed by atoms with E-state index in [0.29, 0.717) is 11.6 Å². The standard InChI is InChI=1S/C12H19N3O2/c1-3-9-4-6-15(7-5-9)11-10(17-2)12(16)14-8-13-11/h8-9H,3-7H2,1-2H3,(H,13,14,16). The fourth-order valence-corrected chi connectivity index (χ4v) is 2.34. The van der Waals surface area contributed by atoms with Crippen molar-refractivity contribution in [1.29, 1.82) is 0 Å². The molecule has 1 saturated heterocycles. The van der Waals surface area contributed by atoms with E-state index < -0.39 is 0 Å². The van der Waals surface area contributed by atoms with E-state index in [4.69, 9.17) is 4.74 Å². The zero-order chi connectivity index (χ0) is 12.3. The van der Waals surface area contributed by atoms with Gasteiger partial charge in [-0.25, -0.2) is 4.98 Å². The molecule has 5 nitrogen and oxygen atoms in total. The Morgan fingerprint density at radius 2 is 2.24 bits per heavy atom. The smallest absolute Gasteiger partial charge is 0.295 e. The predicted octanol–water partition coefficient (Wildman–Crippen LogP) is 1.40. The van der Waals surface area contributed by atoms with E-state index in [1.54, 1.807) is 0 Å². The zero-order valence-corrected chi connectivity index (χ0v) is 10.4. The number of aromatic nitrogens is 2. The molecule has 1 aromatic rings. The quantitative estimate of drug-likeness (QED) is 0.863. The van der Waals surface area contributed by atoms with Crippen LogP contribution in [0.1, 0.15) is 26.2 Å². The van der Waals surface area contributed by atoms with Gasteiger partial charge < -0.3 is 14.6 Å². The van der Waals surface area contributed by atoms with Crippen LogP contribution in [0.15, 0.2) is 11.1 Å². The topological polar surface area (TPSA) is 58.2 Å². The number of piperidine rings is 1. The lowest BCUT2D eigenvalue weighted by atomic mass is 9.94. The van der Waals surface area contributed by atoms with Gasteiger partial charge in [0.2, 0.25) is 5.75 Å². The third kappa shape index (κ3) is 2.43. The summed E-state index contributed by atoms with van der Waals surface area (Å²) in [5.74, 6) is 1.80. The molecule has 0 aromatic carbocycles.